The summed E-state index contributed by atoms with van der Waals surface area (Å²) < 4.78 is 1.15. The van der Waals surface area contributed by atoms with Gasteiger partial charge in [0.05, 0.1) is 0 Å². The van der Waals surface area contributed by atoms with E-state index in [-0.39, 0.29) is 6.04 Å². The Labute approximate surface area is 125 Å². The first-order chi connectivity index (χ1) is 9.10. The van der Waals surface area contributed by atoms with Gasteiger partial charge in [-0.3, -0.25) is 0 Å². The lowest BCUT2D eigenvalue weighted by Gasteiger charge is -2.34. The molecule has 0 aromatic heterocycles. The molecule has 2 rings (SSSR count). The fraction of sp³-hybridized carbons (Fsp3) is 0.625. The maximum atomic E-state index is 6.14. The number of piperidine rings is 1. The van der Waals surface area contributed by atoms with Crippen LogP contribution in [-0.4, -0.2) is 19.1 Å². The Kier molecular flexibility index (Phi) is 5.28. The molecule has 1 aromatic rings. The smallest absolute Gasteiger partial charge is 0.0400 e. The Hall–Kier alpha value is -0.540. The summed E-state index contributed by atoms with van der Waals surface area (Å²) in [4.78, 5) is 2.53. The molecule has 0 amide bonds. The van der Waals surface area contributed by atoms with Gasteiger partial charge < -0.3 is 10.6 Å². The van der Waals surface area contributed by atoms with Gasteiger partial charge in [-0.1, -0.05) is 29.8 Å². The highest BCUT2D eigenvalue weighted by molar-refractivity contribution is 9.10. The third-order valence-electron chi connectivity index (χ3n) is 4.17. The van der Waals surface area contributed by atoms with Gasteiger partial charge in [0.2, 0.25) is 0 Å². The van der Waals surface area contributed by atoms with Crippen molar-refractivity contribution in [2.75, 3.05) is 18.0 Å². The number of rotatable bonds is 4. The summed E-state index contributed by atoms with van der Waals surface area (Å²) in [5.74, 6) is 0.869. The monoisotopic (exact) mass is 324 g/mol. The second kappa shape index (κ2) is 6.76. The summed E-state index contributed by atoms with van der Waals surface area (Å²) >= 11 is 3.58. The molecule has 1 heterocycles. The summed E-state index contributed by atoms with van der Waals surface area (Å²) in [7, 11) is 0. The van der Waals surface area contributed by atoms with Crippen LogP contribution in [0.1, 0.15) is 38.7 Å². The van der Waals surface area contributed by atoms with E-state index < -0.39 is 0 Å². The zero-order valence-electron chi connectivity index (χ0n) is 12.0. The molecule has 106 valence electrons. The van der Waals surface area contributed by atoms with Crippen molar-refractivity contribution in [3.63, 3.8) is 0 Å². The normalized spacial score (nSPS) is 18.6. The Morgan fingerprint density at radius 2 is 2.05 bits per heavy atom. The zero-order chi connectivity index (χ0) is 13.8. The lowest BCUT2D eigenvalue weighted by atomic mass is 9.96. The minimum absolute atomic E-state index is 0.261. The van der Waals surface area contributed by atoms with Gasteiger partial charge in [0.25, 0.3) is 0 Å². The van der Waals surface area contributed by atoms with E-state index in [1.807, 2.05) is 0 Å². The molecule has 1 unspecified atom stereocenters. The van der Waals surface area contributed by atoms with E-state index in [0.29, 0.717) is 0 Å². The van der Waals surface area contributed by atoms with Crippen molar-refractivity contribution >= 4 is 21.6 Å². The van der Waals surface area contributed by atoms with Gasteiger partial charge in [-0.25, -0.2) is 0 Å². The number of nitrogens with two attached hydrogens (primary N) is 1. The zero-order valence-corrected chi connectivity index (χ0v) is 13.6. The van der Waals surface area contributed by atoms with Crippen molar-refractivity contribution in [3.8, 4) is 0 Å². The molecular weight excluding hydrogens is 300 g/mol. The van der Waals surface area contributed by atoms with Crippen LogP contribution in [0.3, 0.4) is 0 Å². The Morgan fingerprint density at radius 1 is 1.37 bits per heavy atom. The van der Waals surface area contributed by atoms with E-state index in [0.717, 1.165) is 23.2 Å². The molecule has 0 saturated carbocycles. The first-order valence-corrected chi connectivity index (χ1v) is 8.18. The molecular formula is C16H25BrN2. The molecule has 0 bridgehead atoms. The van der Waals surface area contributed by atoms with E-state index in [1.54, 1.807) is 0 Å². The SMILES string of the molecule is CCC(N)Cc1cc(Br)ccc1N1CCC(C)CC1. The van der Waals surface area contributed by atoms with Crippen LogP contribution in [0, 0.1) is 5.92 Å². The van der Waals surface area contributed by atoms with Gasteiger partial charge in [0.1, 0.15) is 0 Å². The van der Waals surface area contributed by atoms with Gasteiger partial charge in [0, 0.05) is 29.3 Å². The molecule has 1 aromatic carbocycles. The fourth-order valence-corrected chi connectivity index (χ4v) is 3.11. The number of halogens is 1. The Balaban J connectivity index is 2.18. The lowest BCUT2D eigenvalue weighted by molar-refractivity contribution is 0.437. The molecule has 0 radical (unpaired) electrons. The maximum absolute atomic E-state index is 6.14. The van der Waals surface area contributed by atoms with Gasteiger partial charge in [-0.2, -0.15) is 0 Å². The highest BCUT2D eigenvalue weighted by Gasteiger charge is 2.19. The molecule has 0 aliphatic carbocycles. The van der Waals surface area contributed by atoms with Crippen molar-refractivity contribution in [2.45, 2.75) is 45.6 Å². The van der Waals surface area contributed by atoms with Gasteiger partial charge in [0.15, 0.2) is 0 Å². The standard InChI is InChI=1S/C16H25BrN2/c1-3-15(18)11-13-10-14(17)4-5-16(13)19-8-6-12(2)7-9-19/h4-5,10,12,15H,3,6-9,11,18H2,1-2H3. The van der Waals surface area contributed by atoms with E-state index in [1.165, 1.54) is 37.2 Å². The van der Waals surface area contributed by atoms with Crippen molar-refractivity contribution in [1.29, 1.82) is 0 Å². The second-order valence-electron chi connectivity index (χ2n) is 5.82. The van der Waals surface area contributed by atoms with Crippen LogP contribution in [0.2, 0.25) is 0 Å². The highest BCUT2D eigenvalue weighted by atomic mass is 79.9. The summed E-state index contributed by atoms with van der Waals surface area (Å²) in [5, 5.41) is 0. The number of hydrogen-bond donors (Lipinski definition) is 1. The van der Waals surface area contributed by atoms with Gasteiger partial charge in [-0.15, -0.1) is 0 Å². The predicted molar refractivity (Wildman–Crippen MR) is 86.7 cm³/mol. The largest absolute Gasteiger partial charge is 0.371 e. The summed E-state index contributed by atoms with van der Waals surface area (Å²) in [6, 6.07) is 6.89. The average molecular weight is 325 g/mol. The molecule has 19 heavy (non-hydrogen) atoms. The molecule has 1 fully saturated rings. The molecule has 1 saturated heterocycles. The summed E-state index contributed by atoms with van der Waals surface area (Å²) in [6.45, 7) is 6.87. The van der Waals surface area contributed by atoms with E-state index in [2.05, 4.69) is 52.9 Å². The first kappa shape index (κ1) is 14.9. The first-order valence-electron chi connectivity index (χ1n) is 7.39. The molecule has 1 atom stereocenters. The number of benzene rings is 1. The number of hydrogen-bond acceptors (Lipinski definition) is 2. The van der Waals surface area contributed by atoms with Crippen LogP contribution in [0.25, 0.3) is 0 Å². The summed E-state index contributed by atoms with van der Waals surface area (Å²) in [5.41, 5.74) is 8.92. The maximum Gasteiger partial charge on any atom is 0.0400 e. The second-order valence-corrected chi connectivity index (χ2v) is 6.73. The fourth-order valence-electron chi connectivity index (χ4n) is 2.70. The topological polar surface area (TPSA) is 29.3 Å². The molecule has 2 N–H and O–H groups in total. The van der Waals surface area contributed by atoms with E-state index >= 15 is 0 Å². The quantitative estimate of drug-likeness (QED) is 0.908. The summed E-state index contributed by atoms with van der Waals surface area (Å²) in [6.07, 6.45) is 4.60. The number of nitrogens with zero attached hydrogens (tertiary/aromatic N) is 1. The van der Waals surface area contributed by atoms with Crippen molar-refractivity contribution in [2.24, 2.45) is 11.7 Å². The minimum Gasteiger partial charge on any atom is -0.371 e. The van der Waals surface area contributed by atoms with Crippen molar-refractivity contribution < 1.29 is 0 Å². The van der Waals surface area contributed by atoms with E-state index in [9.17, 15) is 0 Å². The van der Waals surface area contributed by atoms with Gasteiger partial charge >= 0.3 is 0 Å². The van der Waals surface area contributed by atoms with Crippen LogP contribution in [0.5, 0.6) is 0 Å². The van der Waals surface area contributed by atoms with E-state index in [4.69, 9.17) is 5.73 Å². The molecule has 3 heteroatoms. The average Bonchev–Trinajstić information content (AvgIpc) is 2.40. The molecule has 2 nitrogen and oxygen atoms in total. The third-order valence-corrected chi connectivity index (χ3v) is 4.67. The highest BCUT2D eigenvalue weighted by Crippen LogP contribution is 2.29. The minimum atomic E-state index is 0.261. The number of anilines is 1. The Bertz CT molecular complexity index is 411. The molecule has 1 aliphatic rings. The van der Waals surface area contributed by atoms with Crippen LogP contribution in [0.4, 0.5) is 5.69 Å². The third kappa shape index (κ3) is 3.96. The van der Waals surface area contributed by atoms with Crippen LogP contribution in [-0.2, 0) is 6.42 Å². The van der Waals surface area contributed by atoms with Crippen molar-refractivity contribution in [3.05, 3.63) is 28.2 Å². The van der Waals surface area contributed by atoms with Crippen molar-refractivity contribution in [1.82, 2.24) is 0 Å². The van der Waals surface area contributed by atoms with Crippen LogP contribution < -0.4 is 10.6 Å². The van der Waals surface area contributed by atoms with Crippen LogP contribution >= 0.6 is 15.9 Å². The molecule has 0 spiro atoms. The Morgan fingerprint density at radius 3 is 2.68 bits per heavy atom. The molecule has 1 aliphatic heterocycles. The lowest BCUT2D eigenvalue weighted by Crippen LogP contribution is -2.34. The predicted octanol–water partition coefficient (Wildman–Crippen LogP) is 3.97. The van der Waals surface area contributed by atoms with Gasteiger partial charge in [-0.05, 0) is 55.4 Å². The van der Waals surface area contributed by atoms with Crippen LogP contribution in [0.15, 0.2) is 22.7 Å².